The van der Waals surface area contributed by atoms with Crippen LogP contribution in [0.15, 0.2) is 18.2 Å². The minimum absolute atomic E-state index is 0.247. The smallest absolute Gasteiger partial charge is 0.356 e. The van der Waals surface area contributed by atoms with Crippen molar-refractivity contribution in [3.05, 3.63) is 23.9 Å². The van der Waals surface area contributed by atoms with Crippen molar-refractivity contribution in [2.45, 2.75) is 13.8 Å². The zero-order valence-electron chi connectivity index (χ0n) is 13.7. The van der Waals surface area contributed by atoms with Gasteiger partial charge in [0, 0.05) is 39.6 Å². The van der Waals surface area contributed by atoms with Gasteiger partial charge in [0.25, 0.3) is 0 Å². The summed E-state index contributed by atoms with van der Waals surface area (Å²) in [6, 6.07) is 5.38. The molecule has 0 saturated carbocycles. The minimum Gasteiger partial charge on any atom is -0.465 e. The Balaban J connectivity index is 1.86. The van der Waals surface area contributed by atoms with Crippen molar-refractivity contribution in [1.82, 2.24) is 9.88 Å². The lowest BCUT2D eigenvalue weighted by molar-refractivity contribution is -0.141. The second kappa shape index (κ2) is 8.47. The Labute approximate surface area is 136 Å². The van der Waals surface area contributed by atoms with Gasteiger partial charge >= 0.3 is 11.9 Å². The number of aromatic nitrogens is 1. The van der Waals surface area contributed by atoms with Crippen LogP contribution in [0.5, 0.6) is 0 Å². The molecule has 7 heteroatoms. The molecule has 2 rings (SSSR count). The number of hydrogen-bond acceptors (Lipinski definition) is 7. The Morgan fingerprint density at radius 3 is 2.57 bits per heavy atom. The van der Waals surface area contributed by atoms with Crippen molar-refractivity contribution in [2.75, 3.05) is 50.8 Å². The van der Waals surface area contributed by atoms with Gasteiger partial charge in [-0.05, 0) is 19.1 Å². The van der Waals surface area contributed by atoms with Crippen molar-refractivity contribution >= 4 is 17.8 Å². The normalized spacial score (nSPS) is 15.3. The molecular weight excluding hydrogens is 298 g/mol. The van der Waals surface area contributed by atoms with Gasteiger partial charge in [0.15, 0.2) is 5.69 Å². The number of piperazine rings is 1. The first kappa shape index (κ1) is 17.2. The van der Waals surface area contributed by atoms with Gasteiger partial charge < -0.3 is 14.4 Å². The highest BCUT2D eigenvalue weighted by atomic mass is 16.5. The molecule has 1 saturated heterocycles. The highest BCUT2D eigenvalue weighted by Gasteiger charge is 2.19. The topological polar surface area (TPSA) is 72.0 Å². The highest BCUT2D eigenvalue weighted by Crippen LogP contribution is 2.14. The van der Waals surface area contributed by atoms with Gasteiger partial charge in [0.1, 0.15) is 12.4 Å². The van der Waals surface area contributed by atoms with Crippen LogP contribution < -0.4 is 4.90 Å². The average molecular weight is 321 g/mol. The van der Waals surface area contributed by atoms with Gasteiger partial charge in [-0.3, -0.25) is 9.69 Å². The molecule has 0 radical (unpaired) electrons. The number of rotatable bonds is 6. The number of ether oxygens (including phenoxy) is 2. The van der Waals surface area contributed by atoms with Gasteiger partial charge in [-0.25, -0.2) is 9.78 Å². The van der Waals surface area contributed by atoms with Gasteiger partial charge in [-0.15, -0.1) is 0 Å². The van der Waals surface area contributed by atoms with Crippen LogP contribution in [0.2, 0.25) is 0 Å². The van der Waals surface area contributed by atoms with Crippen LogP contribution in [0.4, 0.5) is 5.82 Å². The van der Waals surface area contributed by atoms with Gasteiger partial charge in [0.05, 0.1) is 6.61 Å². The van der Waals surface area contributed by atoms with Crippen LogP contribution in [0, 0.1) is 0 Å². The Morgan fingerprint density at radius 2 is 1.91 bits per heavy atom. The number of carbonyl (C=O) groups excluding carboxylic acids is 2. The van der Waals surface area contributed by atoms with Crippen LogP contribution in [0.3, 0.4) is 0 Å². The number of pyridine rings is 1. The third kappa shape index (κ3) is 5.21. The van der Waals surface area contributed by atoms with E-state index in [1.165, 1.54) is 6.92 Å². The number of esters is 2. The molecule has 126 valence electrons. The van der Waals surface area contributed by atoms with Crippen LogP contribution in [0.25, 0.3) is 0 Å². The van der Waals surface area contributed by atoms with Crippen molar-refractivity contribution in [3.63, 3.8) is 0 Å². The SMILES string of the molecule is CCOC(=O)c1cccc(N2CCN(CCOC(C)=O)CC2)n1. The molecule has 0 aromatic carbocycles. The standard InChI is InChI=1S/C16H23N3O4/c1-3-22-16(21)14-5-4-6-15(17-14)19-9-7-18(8-10-19)11-12-23-13(2)20/h4-6H,3,7-12H2,1-2H3. The predicted octanol–water partition coefficient (Wildman–Crippen LogP) is 0.943. The molecule has 0 N–H and O–H groups in total. The molecule has 0 bridgehead atoms. The fraction of sp³-hybridized carbons (Fsp3) is 0.562. The molecule has 0 unspecified atom stereocenters. The monoisotopic (exact) mass is 321 g/mol. The summed E-state index contributed by atoms with van der Waals surface area (Å²) in [5.74, 6) is 0.146. The van der Waals surface area contributed by atoms with E-state index < -0.39 is 5.97 Å². The third-order valence-corrected chi connectivity index (χ3v) is 3.63. The lowest BCUT2D eigenvalue weighted by Crippen LogP contribution is -2.47. The first-order valence-corrected chi connectivity index (χ1v) is 7.85. The molecule has 0 aliphatic carbocycles. The Bertz CT molecular complexity index is 542. The number of carbonyl (C=O) groups is 2. The average Bonchev–Trinajstić information content (AvgIpc) is 2.55. The molecule has 0 atom stereocenters. The van der Waals surface area contributed by atoms with E-state index in [2.05, 4.69) is 14.8 Å². The van der Waals surface area contributed by atoms with E-state index in [4.69, 9.17) is 9.47 Å². The van der Waals surface area contributed by atoms with E-state index in [0.717, 1.165) is 38.5 Å². The lowest BCUT2D eigenvalue weighted by atomic mass is 10.3. The summed E-state index contributed by atoms with van der Waals surface area (Å²) in [5, 5.41) is 0. The third-order valence-electron chi connectivity index (χ3n) is 3.63. The molecule has 1 fully saturated rings. The number of nitrogens with zero attached hydrogens (tertiary/aromatic N) is 3. The van der Waals surface area contributed by atoms with E-state index in [1.54, 1.807) is 13.0 Å². The Kier molecular flexibility index (Phi) is 6.34. The fourth-order valence-corrected chi connectivity index (χ4v) is 2.44. The van der Waals surface area contributed by atoms with Crippen molar-refractivity contribution < 1.29 is 19.1 Å². The molecule has 23 heavy (non-hydrogen) atoms. The predicted molar refractivity (Wildman–Crippen MR) is 85.5 cm³/mol. The molecule has 0 amide bonds. The van der Waals surface area contributed by atoms with Crippen molar-refractivity contribution in [2.24, 2.45) is 0 Å². The van der Waals surface area contributed by atoms with Crippen molar-refractivity contribution in [3.8, 4) is 0 Å². The maximum atomic E-state index is 11.8. The van der Waals surface area contributed by atoms with Gasteiger partial charge in [-0.2, -0.15) is 0 Å². The van der Waals surface area contributed by atoms with Crippen molar-refractivity contribution in [1.29, 1.82) is 0 Å². The fourth-order valence-electron chi connectivity index (χ4n) is 2.44. The molecule has 1 aliphatic rings. The lowest BCUT2D eigenvalue weighted by Gasteiger charge is -2.35. The second-order valence-corrected chi connectivity index (χ2v) is 5.27. The van der Waals surface area contributed by atoms with Gasteiger partial charge in [-0.1, -0.05) is 6.07 Å². The number of anilines is 1. The van der Waals surface area contributed by atoms with E-state index in [1.807, 2.05) is 12.1 Å². The summed E-state index contributed by atoms with van der Waals surface area (Å²) < 4.78 is 9.94. The van der Waals surface area contributed by atoms with E-state index in [-0.39, 0.29) is 5.97 Å². The molecule has 1 aliphatic heterocycles. The minimum atomic E-state index is -0.394. The molecule has 0 spiro atoms. The van der Waals surface area contributed by atoms with Crippen LogP contribution >= 0.6 is 0 Å². The van der Waals surface area contributed by atoms with E-state index in [9.17, 15) is 9.59 Å². The van der Waals surface area contributed by atoms with Crippen LogP contribution in [0.1, 0.15) is 24.3 Å². The first-order chi connectivity index (χ1) is 11.1. The molecular formula is C16H23N3O4. The highest BCUT2D eigenvalue weighted by molar-refractivity contribution is 5.87. The summed E-state index contributed by atoms with van der Waals surface area (Å²) in [6.07, 6.45) is 0. The summed E-state index contributed by atoms with van der Waals surface area (Å²) >= 11 is 0. The molecule has 1 aromatic rings. The van der Waals surface area contributed by atoms with E-state index >= 15 is 0 Å². The Morgan fingerprint density at radius 1 is 1.17 bits per heavy atom. The van der Waals surface area contributed by atoms with Crippen LogP contribution in [-0.2, 0) is 14.3 Å². The second-order valence-electron chi connectivity index (χ2n) is 5.27. The van der Waals surface area contributed by atoms with Gasteiger partial charge in [0.2, 0.25) is 0 Å². The zero-order chi connectivity index (χ0) is 16.7. The van der Waals surface area contributed by atoms with E-state index in [0.29, 0.717) is 18.9 Å². The molecule has 2 heterocycles. The van der Waals surface area contributed by atoms with Crippen LogP contribution in [-0.4, -0.2) is 67.8 Å². The molecule has 7 nitrogen and oxygen atoms in total. The zero-order valence-corrected chi connectivity index (χ0v) is 13.7. The summed E-state index contributed by atoms with van der Waals surface area (Å²) in [5.41, 5.74) is 0.335. The summed E-state index contributed by atoms with van der Waals surface area (Å²) in [6.45, 7) is 8.07. The number of hydrogen-bond donors (Lipinski definition) is 0. The maximum absolute atomic E-state index is 11.8. The quantitative estimate of drug-likeness (QED) is 0.722. The maximum Gasteiger partial charge on any atom is 0.356 e. The first-order valence-electron chi connectivity index (χ1n) is 7.85. The summed E-state index contributed by atoms with van der Waals surface area (Å²) in [7, 11) is 0. The Hall–Kier alpha value is -2.15. The molecule has 1 aromatic heterocycles. The largest absolute Gasteiger partial charge is 0.465 e. The summed E-state index contributed by atoms with van der Waals surface area (Å²) in [4.78, 5) is 31.3.